The Morgan fingerprint density at radius 3 is 2.56 bits per heavy atom. The van der Waals surface area contributed by atoms with Crippen LogP contribution in [0.15, 0.2) is 6.07 Å². The van der Waals surface area contributed by atoms with E-state index >= 15 is 4.39 Å². The van der Waals surface area contributed by atoms with Crippen LogP contribution in [0.2, 0.25) is 0 Å². The molecular formula is C29H31F5N6O4S. The van der Waals surface area contributed by atoms with Gasteiger partial charge in [-0.1, -0.05) is 6.42 Å². The molecule has 0 amide bonds. The SMILES string of the molecule is Cc1c(F)c(N)cc(-c2nc3c4c(nc(OCC5(S(C)(=O)=O)CCC5)nc4c2F)N2C[C@H]4CC[C@H](N4)[C@H]2[C@H](C)O3)c1C(F)(F)F. The summed E-state index contributed by atoms with van der Waals surface area (Å²) in [5.41, 5.74) is 0.884. The number of hydrogen-bond acceptors (Lipinski definition) is 10. The molecule has 3 aromatic rings. The van der Waals surface area contributed by atoms with Crippen LogP contribution < -0.4 is 25.4 Å². The lowest BCUT2D eigenvalue weighted by atomic mass is 9.85. The molecule has 0 radical (unpaired) electrons. The number of ether oxygens (including phenoxy) is 2. The fourth-order valence-corrected chi connectivity index (χ4v) is 8.60. The Labute approximate surface area is 255 Å². The van der Waals surface area contributed by atoms with Gasteiger partial charge in [0.25, 0.3) is 0 Å². The van der Waals surface area contributed by atoms with Crippen molar-refractivity contribution in [1.29, 1.82) is 0 Å². The maximum atomic E-state index is 16.7. The van der Waals surface area contributed by atoms with Crippen LogP contribution in [-0.4, -0.2) is 71.8 Å². The lowest BCUT2D eigenvalue weighted by Gasteiger charge is -2.43. The van der Waals surface area contributed by atoms with E-state index in [4.69, 9.17) is 15.2 Å². The minimum Gasteiger partial charge on any atom is -0.472 e. The van der Waals surface area contributed by atoms with Crippen molar-refractivity contribution in [3.8, 4) is 23.1 Å². The molecule has 3 N–H and O–H groups in total. The van der Waals surface area contributed by atoms with Gasteiger partial charge in [0.15, 0.2) is 15.7 Å². The van der Waals surface area contributed by atoms with Gasteiger partial charge in [-0.25, -0.2) is 22.2 Å². The number of hydrogen-bond donors (Lipinski definition) is 2. The summed E-state index contributed by atoms with van der Waals surface area (Å²) in [5.74, 6) is -2.48. The summed E-state index contributed by atoms with van der Waals surface area (Å²) in [7, 11) is -3.52. The van der Waals surface area contributed by atoms with Crippen LogP contribution in [0.25, 0.3) is 22.2 Å². The number of anilines is 2. The van der Waals surface area contributed by atoms with Gasteiger partial charge in [-0.15, -0.1) is 0 Å². The Balaban J connectivity index is 1.47. The van der Waals surface area contributed by atoms with Crippen LogP contribution in [-0.2, 0) is 16.0 Å². The van der Waals surface area contributed by atoms with E-state index in [1.54, 1.807) is 6.92 Å². The lowest BCUT2D eigenvalue weighted by Crippen LogP contribution is -2.62. The van der Waals surface area contributed by atoms with Crippen LogP contribution in [0.4, 0.5) is 33.5 Å². The van der Waals surface area contributed by atoms with Gasteiger partial charge in [-0.3, -0.25) is 0 Å². The molecule has 3 fully saturated rings. The average Bonchev–Trinajstić information content (AvgIpc) is 3.24. The second kappa shape index (κ2) is 9.98. The molecule has 3 aliphatic heterocycles. The van der Waals surface area contributed by atoms with Crippen molar-refractivity contribution < 1.29 is 39.8 Å². The van der Waals surface area contributed by atoms with Crippen molar-refractivity contribution in [2.75, 3.05) is 30.0 Å². The van der Waals surface area contributed by atoms with Crippen molar-refractivity contribution in [3.63, 3.8) is 0 Å². The second-order valence-corrected chi connectivity index (χ2v) is 15.0. The van der Waals surface area contributed by atoms with E-state index in [-0.39, 0.29) is 47.8 Å². The summed E-state index contributed by atoms with van der Waals surface area (Å²) >= 11 is 0. The molecule has 242 valence electrons. The maximum absolute atomic E-state index is 16.7. The summed E-state index contributed by atoms with van der Waals surface area (Å²) in [4.78, 5) is 15.1. The van der Waals surface area contributed by atoms with Crippen molar-refractivity contribution in [2.24, 2.45) is 0 Å². The van der Waals surface area contributed by atoms with E-state index in [2.05, 4.69) is 20.3 Å². The monoisotopic (exact) mass is 654 g/mol. The number of benzene rings is 1. The van der Waals surface area contributed by atoms with Crippen LogP contribution in [0.3, 0.4) is 0 Å². The summed E-state index contributed by atoms with van der Waals surface area (Å²) < 4.78 is 110. The molecule has 7 rings (SSSR count). The molecule has 1 aromatic carbocycles. The van der Waals surface area contributed by atoms with E-state index in [0.717, 1.165) is 26.0 Å². The first kappa shape index (κ1) is 30.1. The zero-order valence-electron chi connectivity index (χ0n) is 24.6. The number of piperazine rings is 1. The smallest absolute Gasteiger partial charge is 0.417 e. The third kappa shape index (κ3) is 4.57. The molecule has 5 heterocycles. The van der Waals surface area contributed by atoms with Crippen molar-refractivity contribution >= 4 is 32.2 Å². The molecule has 0 unspecified atom stereocenters. The Morgan fingerprint density at radius 1 is 1.18 bits per heavy atom. The highest BCUT2D eigenvalue weighted by atomic mass is 32.2. The number of nitrogens with zero attached hydrogens (tertiary/aromatic N) is 4. The van der Waals surface area contributed by atoms with Gasteiger partial charge in [-0.2, -0.15) is 23.1 Å². The molecular weight excluding hydrogens is 623 g/mol. The Kier molecular flexibility index (Phi) is 6.69. The van der Waals surface area contributed by atoms with E-state index in [0.29, 0.717) is 31.9 Å². The molecule has 2 bridgehead atoms. The molecule has 2 saturated heterocycles. The van der Waals surface area contributed by atoms with Crippen LogP contribution in [0.5, 0.6) is 11.9 Å². The maximum Gasteiger partial charge on any atom is 0.417 e. The van der Waals surface area contributed by atoms with Crippen LogP contribution >= 0.6 is 0 Å². The average molecular weight is 655 g/mol. The minimum atomic E-state index is -5.08. The molecule has 45 heavy (non-hydrogen) atoms. The van der Waals surface area contributed by atoms with E-state index in [1.807, 2.05) is 4.90 Å². The molecule has 10 nitrogen and oxygen atoms in total. The van der Waals surface area contributed by atoms with Gasteiger partial charge < -0.3 is 25.4 Å². The van der Waals surface area contributed by atoms with Gasteiger partial charge in [0.05, 0.1) is 17.3 Å². The van der Waals surface area contributed by atoms with Crippen LogP contribution in [0, 0.1) is 18.6 Å². The molecule has 4 aliphatic rings. The number of nitrogens with two attached hydrogens (primary N) is 1. The summed E-state index contributed by atoms with van der Waals surface area (Å²) in [6.07, 6.45) is -1.36. The van der Waals surface area contributed by atoms with Gasteiger partial charge >= 0.3 is 12.2 Å². The van der Waals surface area contributed by atoms with Gasteiger partial charge in [0.1, 0.15) is 45.7 Å². The molecule has 4 atom stereocenters. The van der Waals surface area contributed by atoms with Gasteiger partial charge in [0, 0.05) is 30.4 Å². The minimum absolute atomic E-state index is 0.0216. The quantitative estimate of drug-likeness (QED) is 0.303. The number of aromatic nitrogens is 3. The molecule has 2 aromatic heterocycles. The first-order valence-electron chi connectivity index (χ1n) is 14.7. The number of halogens is 5. The highest BCUT2D eigenvalue weighted by molar-refractivity contribution is 7.92. The summed E-state index contributed by atoms with van der Waals surface area (Å²) in [6.45, 7) is 2.90. The fourth-order valence-electron chi connectivity index (χ4n) is 7.29. The number of rotatable bonds is 5. The third-order valence-electron chi connectivity index (χ3n) is 9.81. The van der Waals surface area contributed by atoms with E-state index in [9.17, 15) is 26.0 Å². The van der Waals surface area contributed by atoms with Gasteiger partial charge in [-0.05, 0) is 51.2 Å². The Hall–Kier alpha value is -3.53. The molecule has 16 heteroatoms. The van der Waals surface area contributed by atoms with E-state index in [1.165, 1.54) is 0 Å². The topological polar surface area (TPSA) is 133 Å². The number of alkyl halides is 3. The second-order valence-electron chi connectivity index (χ2n) is 12.6. The summed E-state index contributed by atoms with van der Waals surface area (Å²) in [6, 6.07) is 0.146. The van der Waals surface area contributed by atoms with Crippen molar-refractivity contribution in [1.82, 2.24) is 20.3 Å². The predicted octanol–water partition coefficient (Wildman–Crippen LogP) is 4.32. The number of nitrogen functional groups attached to an aromatic ring is 1. The number of pyridine rings is 1. The van der Waals surface area contributed by atoms with E-state index < -0.39 is 72.1 Å². The normalized spacial score (nSPS) is 25.4. The largest absolute Gasteiger partial charge is 0.472 e. The van der Waals surface area contributed by atoms with Crippen molar-refractivity contribution in [2.45, 2.75) is 81.1 Å². The zero-order chi connectivity index (χ0) is 32.2. The molecule has 1 saturated carbocycles. The molecule has 0 spiro atoms. The Bertz CT molecular complexity index is 1850. The highest BCUT2D eigenvalue weighted by Gasteiger charge is 2.49. The number of nitrogens with one attached hydrogen (secondary N) is 1. The predicted molar refractivity (Wildman–Crippen MR) is 155 cm³/mol. The summed E-state index contributed by atoms with van der Waals surface area (Å²) in [5, 5.41) is 3.60. The fraction of sp³-hybridized carbons (Fsp3) is 0.552. The number of fused-ring (bicyclic) bond motifs is 5. The number of sulfone groups is 1. The van der Waals surface area contributed by atoms with Crippen LogP contribution in [0.1, 0.15) is 50.2 Å². The zero-order valence-corrected chi connectivity index (χ0v) is 25.5. The first-order valence-corrected chi connectivity index (χ1v) is 16.6. The Morgan fingerprint density at radius 2 is 1.91 bits per heavy atom. The standard InChI is InChI=1S/C29H31F5N6O4S/c1-12-19(29(32,33)34)15(9-16(35)20(12)30)22-21(31)23-18-25(39-27(38-23)43-11-28(7-4-8-28)45(3,41)42)40-10-14-5-6-17(36-14)24(40)13(2)44-26(18)37-22/h9,13-14,17,24,36H,4-8,10-11,35H2,1-3H3/t13-,14+,17-,24+/m0/s1. The van der Waals surface area contributed by atoms with Gasteiger partial charge in [0.2, 0.25) is 5.88 Å². The first-order chi connectivity index (χ1) is 21.1. The lowest BCUT2D eigenvalue weighted by molar-refractivity contribution is -0.137. The third-order valence-corrected chi connectivity index (χ3v) is 11.9. The van der Waals surface area contributed by atoms with Crippen molar-refractivity contribution in [3.05, 3.63) is 28.8 Å². The highest BCUT2D eigenvalue weighted by Crippen LogP contribution is 2.47. The molecule has 1 aliphatic carbocycles.